The molecule has 0 saturated heterocycles. The molecule has 6 aromatic heterocycles. The van der Waals surface area contributed by atoms with E-state index in [-0.39, 0.29) is 46.0 Å². The van der Waals surface area contributed by atoms with Gasteiger partial charge in [-0.15, -0.1) is 0 Å². The number of phenolic OH excluding ortho intramolecular Hbond substituents is 1. The van der Waals surface area contributed by atoms with Crippen molar-refractivity contribution in [1.82, 2.24) is 29.9 Å². The zero-order valence-electron chi connectivity index (χ0n) is 58.2. The molecule has 0 radical (unpaired) electrons. The second-order valence-corrected chi connectivity index (χ2v) is 23.7. The number of nitrogens with zero attached hydrogens (tertiary/aromatic N) is 11. The van der Waals surface area contributed by atoms with Crippen LogP contribution in [-0.2, 0) is 12.4 Å². The van der Waals surface area contributed by atoms with E-state index in [0.29, 0.717) is 89.8 Å². The molecule has 0 spiro atoms. The lowest BCUT2D eigenvalue weighted by molar-refractivity contribution is -0.138. The Morgan fingerprint density at radius 3 is 1.04 bits per heavy atom. The zero-order valence-corrected chi connectivity index (χ0v) is 59.7. The predicted molar refractivity (Wildman–Crippen MR) is 400 cm³/mol. The molecule has 0 fully saturated rings. The van der Waals surface area contributed by atoms with Gasteiger partial charge >= 0.3 is 12.4 Å². The van der Waals surface area contributed by atoms with E-state index in [1.807, 2.05) is 74.5 Å². The number of fused-ring (bicyclic) bond motifs is 1. The van der Waals surface area contributed by atoms with Gasteiger partial charge in [0.05, 0.1) is 96.4 Å². The summed E-state index contributed by atoms with van der Waals surface area (Å²) in [7, 11) is 0. The highest BCUT2D eigenvalue weighted by atomic mass is 35.5. The van der Waals surface area contributed by atoms with E-state index in [2.05, 4.69) is 54.9 Å². The van der Waals surface area contributed by atoms with Crippen molar-refractivity contribution in [3.8, 4) is 5.75 Å². The topological polar surface area (TPSA) is 245 Å². The van der Waals surface area contributed by atoms with Crippen LogP contribution in [0, 0.1) is 0 Å². The van der Waals surface area contributed by atoms with Gasteiger partial charge in [-0.25, -0.2) is 34.9 Å². The molecule has 25 heteroatoms. The number of carbonyl (C=O) groups excluding carboxylic acids is 5. The number of Topliss-reactive ketones (excluding diaryl/α,β-unsaturated/α-hetero) is 5. The van der Waals surface area contributed by atoms with Gasteiger partial charge in [0.2, 0.25) is 0 Å². The highest BCUT2D eigenvalue weighted by Crippen LogP contribution is 2.37. The van der Waals surface area contributed by atoms with Crippen LogP contribution < -0.4 is 0 Å². The lowest BCUT2D eigenvalue weighted by Gasteiger charge is -2.10. The smallest absolute Gasteiger partial charge is 0.418 e. The van der Waals surface area contributed by atoms with Crippen LogP contribution in [0.1, 0.15) is 161 Å². The summed E-state index contributed by atoms with van der Waals surface area (Å²) in [5, 5.41) is 11.9. The van der Waals surface area contributed by atoms with Crippen LogP contribution in [0.5, 0.6) is 5.75 Å². The first-order chi connectivity index (χ1) is 49.7. The first-order valence-corrected chi connectivity index (χ1v) is 32.6. The minimum atomic E-state index is -4.48. The van der Waals surface area contributed by atoms with Crippen molar-refractivity contribution >= 4 is 120 Å². The largest absolute Gasteiger partial charge is 0.506 e. The number of aromatic hydroxyl groups is 1. The van der Waals surface area contributed by atoms with E-state index in [1.165, 1.54) is 71.0 Å². The number of aromatic nitrogens is 6. The van der Waals surface area contributed by atoms with Crippen LogP contribution in [0.3, 0.4) is 0 Å². The maximum atomic E-state index is 12.9. The first kappa shape index (κ1) is 80.2. The maximum Gasteiger partial charge on any atom is 0.418 e. The number of ketones is 5. The molecule has 17 nitrogen and oxygen atoms in total. The van der Waals surface area contributed by atoms with Gasteiger partial charge in [0.25, 0.3) is 0 Å². The van der Waals surface area contributed by atoms with Crippen LogP contribution in [0.25, 0.3) is 10.9 Å². The molecule has 105 heavy (non-hydrogen) atoms. The fourth-order valence-corrected chi connectivity index (χ4v) is 9.49. The van der Waals surface area contributed by atoms with Crippen molar-refractivity contribution < 1.29 is 55.4 Å². The Bertz CT molecular complexity index is 5150. The van der Waals surface area contributed by atoms with Gasteiger partial charge < -0.3 is 5.11 Å². The number of pyridine rings is 6. The molecule has 5 aromatic carbocycles. The number of hydrogen-bond donors (Lipinski definition) is 1. The second kappa shape index (κ2) is 37.2. The normalized spacial score (nSPS) is 11.8. The molecule has 11 rings (SSSR count). The van der Waals surface area contributed by atoms with E-state index < -0.39 is 23.5 Å². The summed E-state index contributed by atoms with van der Waals surface area (Å²) in [6.07, 6.45) is -7.09. The standard InChI is InChI=1S/C18H15N3O.2C16H13F3N2O.C15H13ClN2O2.C15H13ClN2O/c1-12(15-8-4-9-16(21-15)13(2)22)20-17-10-3-6-14-7-5-11-19-18(14)17;1-10(13-8-5-9-14(21-13)11(2)22)20-15-7-4-3-6-12(15)16(17,18)19;1-10(14-4-3-5-15(21-14)11(2)22)20-13-8-6-12(7-9-13)16(17,18)19;1-9(12-4-3-5-13(18-12)10(2)19)17-14-7-6-11(16)8-15(14)20;1-10(17-13-8-6-12(16)7-9-13)14-4-3-5-15(18-14)11(2)19/h3-11H,1-2H3;2*3-9H,1-2H3;3-8,20H,1-2H3;3-9H,1-2H3. The number of rotatable bonds is 15. The molecule has 11 aromatic rings. The summed E-state index contributed by atoms with van der Waals surface area (Å²) in [5.41, 5.74) is 9.17. The van der Waals surface area contributed by atoms with Crippen molar-refractivity contribution in [3.05, 3.63) is 297 Å². The summed E-state index contributed by atoms with van der Waals surface area (Å²) >= 11 is 11.6. The van der Waals surface area contributed by atoms with E-state index in [1.54, 1.807) is 124 Å². The Balaban J connectivity index is 0.000000184. The van der Waals surface area contributed by atoms with Gasteiger partial charge in [-0.3, -0.25) is 43.9 Å². The van der Waals surface area contributed by atoms with E-state index in [9.17, 15) is 55.4 Å². The fourth-order valence-electron chi connectivity index (χ4n) is 9.20. The monoisotopic (exact) mass is 1460 g/mol. The van der Waals surface area contributed by atoms with Crippen LogP contribution >= 0.6 is 23.2 Å². The van der Waals surface area contributed by atoms with Crippen LogP contribution in [0.2, 0.25) is 10.0 Å². The third-order valence-electron chi connectivity index (χ3n) is 14.6. The van der Waals surface area contributed by atoms with Crippen LogP contribution in [0.15, 0.2) is 243 Å². The summed E-state index contributed by atoms with van der Waals surface area (Å²) in [4.78, 5) is 104. The Kier molecular flexibility index (Phi) is 28.4. The minimum absolute atomic E-state index is 0.000396. The maximum absolute atomic E-state index is 12.9. The number of carbonyl (C=O) groups is 5. The highest BCUT2D eigenvalue weighted by Gasteiger charge is 2.33. The molecular formula is C80H67Cl2F6N11O6. The number of alkyl halides is 6. The van der Waals surface area contributed by atoms with Gasteiger partial charge in [0.15, 0.2) is 28.9 Å². The van der Waals surface area contributed by atoms with Crippen LogP contribution in [-0.4, -0.2) is 92.5 Å². The number of benzene rings is 5. The Morgan fingerprint density at radius 1 is 0.333 bits per heavy atom. The molecule has 1 N–H and O–H groups in total. The molecule has 0 aliphatic heterocycles. The molecule has 0 bridgehead atoms. The van der Waals surface area contributed by atoms with Crippen molar-refractivity contribution in [2.45, 2.75) is 81.6 Å². The summed E-state index contributed by atoms with van der Waals surface area (Å²) in [5.74, 6) is -0.592. The first-order valence-electron chi connectivity index (χ1n) is 31.8. The third-order valence-corrected chi connectivity index (χ3v) is 15.1. The van der Waals surface area contributed by atoms with Crippen molar-refractivity contribution in [2.24, 2.45) is 25.0 Å². The molecular weight excluding hydrogens is 1400 g/mol. The Morgan fingerprint density at radius 2 is 0.657 bits per heavy atom. The molecule has 0 aliphatic rings. The Hall–Kier alpha value is -12.1. The summed E-state index contributed by atoms with van der Waals surface area (Å²) < 4.78 is 76.3. The number of halogens is 8. The van der Waals surface area contributed by atoms with Gasteiger partial charge in [0.1, 0.15) is 39.9 Å². The minimum Gasteiger partial charge on any atom is -0.506 e. The van der Waals surface area contributed by atoms with Gasteiger partial charge in [-0.05, 0) is 180 Å². The molecule has 0 atom stereocenters. The molecule has 534 valence electrons. The van der Waals surface area contributed by atoms with Crippen molar-refractivity contribution in [2.75, 3.05) is 0 Å². The van der Waals surface area contributed by atoms with Crippen molar-refractivity contribution in [1.29, 1.82) is 0 Å². The molecule has 0 unspecified atom stereocenters. The average molecular weight is 1460 g/mol. The number of hydrogen-bond acceptors (Lipinski definition) is 17. The SMILES string of the molecule is CC(=O)c1cccc(C(C)=Nc2ccc(C(F)(F)F)cc2)n1.CC(=O)c1cccc(C(C)=Nc2ccc(Cl)cc2)n1.CC(=O)c1cccc(C(C)=Nc2ccc(Cl)cc2O)n1.CC(=O)c1cccc(C(C)=Nc2cccc3cccnc23)n1.CC(=O)c1cccc(C(C)=Nc2ccccc2C(F)(F)F)n1. The lowest BCUT2D eigenvalue weighted by atomic mass is 10.1. The quantitative estimate of drug-likeness (QED) is 0.0572. The van der Waals surface area contributed by atoms with E-state index in [0.717, 1.165) is 51.9 Å². The average Bonchev–Trinajstić information content (AvgIpc) is 0.827. The number of para-hydroxylation sites is 2. The van der Waals surface area contributed by atoms with Gasteiger partial charge in [-0.1, -0.05) is 83.9 Å². The van der Waals surface area contributed by atoms with E-state index >= 15 is 0 Å². The highest BCUT2D eigenvalue weighted by molar-refractivity contribution is 6.31. The van der Waals surface area contributed by atoms with Crippen LogP contribution in [0.4, 0.5) is 54.8 Å². The lowest BCUT2D eigenvalue weighted by Crippen LogP contribution is -2.07. The van der Waals surface area contributed by atoms with Gasteiger partial charge in [0, 0.05) is 62.3 Å². The third kappa shape index (κ3) is 24.3. The summed E-state index contributed by atoms with van der Waals surface area (Å²) in [6, 6.07) is 56.9. The molecule has 0 amide bonds. The number of phenols is 1. The molecule has 0 saturated carbocycles. The fraction of sp³-hybridized carbons (Fsp3) is 0.150. The van der Waals surface area contributed by atoms with Gasteiger partial charge in [-0.2, -0.15) is 26.3 Å². The number of aliphatic imine (C=N–C) groups is 5. The summed E-state index contributed by atoms with van der Waals surface area (Å²) in [6.45, 7) is 16.0. The zero-order chi connectivity index (χ0) is 76.7. The Labute approximate surface area is 611 Å². The molecule has 0 aliphatic carbocycles. The predicted octanol–water partition coefficient (Wildman–Crippen LogP) is 20.7. The van der Waals surface area contributed by atoms with Crippen molar-refractivity contribution in [3.63, 3.8) is 0 Å². The second-order valence-electron chi connectivity index (χ2n) is 22.8. The molecule has 6 heterocycles. The van der Waals surface area contributed by atoms with E-state index in [4.69, 9.17) is 23.2 Å².